The molecule has 0 amide bonds. The zero-order valence-electron chi connectivity index (χ0n) is 15.3. The van der Waals surface area contributed by atoms with E-state index in [2.05, 4.69) is 13.0 Å². The van der Waals surface area contributed by atoms with Gasteiger partial charge in [-0.1, -0.05) is 48.9 Å². The van der Waals surface area contributed by atoms with E-state index < -0.39 is 20.5 Å². The molecule has 1 saturated carbocycles. The highest BCUT2D eigenvalue weighted by molar-refractivity contribution is 7.92. The number of aryl methyl sites for hydroxylation is 2. The molecule has 0 N–H and O–H groups in total. The molecule has 5 heteroatoms. The molecule has 0 heterocycles. The lowest BCUT2D eigenvalue weighted by molar-refractivity contribution is 0.162. The maximum atomic E-state index is 13.3. The molecule has 0 aliphatic heterocycles. The lowest BCUT2D eigenvalue weighted by Crippen LogP contribution is -2.19. The molecule has 0 radical (unpaired) electrons. The van der Waals surface area contributed by atoms with E-state index >= 15 is 0 Å². The van der Waals surface area contributed by atoms with Gasteiger partial charge in [-0.15, -0.1) is 0 Å². The predicted molar refractivity (Wildman–Crippen MR) is 101 cm³/mol. The van der Waals surface area contributed by atoms with Crippen molar-refractivity contribution in [1.82, 2.24) is 0 Å². The first-order valence-corrected chi connectivity index (χ1v) is 10.2. The number of benzene rings is 2. The molecular weight excluding hydrogens is 346 g/mol. The minimum atomic E-state index is -3.64. The predicted octanol–water partition coefficient (Wildman–Crippen LogP) is 3.65. The zero-order chi connectivity index (χ0) is 18.9. The van der Waals surface area contributed by atoms with Crippen LogP contribution in [-0.2, 0) is 21.0 Å². The van der Waals surface area contributed by atoms with Crippen molar-refractivity contribution in [2.45, 2.75) is 36.3 Å². The van der Waals surface area contributed by atoms with Crippen LogP contribution < -0.4 is 0 Å². The summed E-state index contributed by atoms with van der Waals surface area (Å²) in [5.74, 6) is -0.385. The number of hydrogen-bond donors (Lipinski definition) is 0. The highest BCUT2D eigenvalue weighted by Gasteiger charge is 2.72. The van der Waals surface area contributed by atoms with Gasteiger partial charge in [0.15, 0.2) is 9.84 Å². The number of ether oxygens (including phenoxy) is 1. The Morgan fingerprint density at radius 1 is 1.12 bits per heavy atom. The van der Waals surface area contributed by atoms with Crippen LogP contribution in [0, 0.1) is 23.7 Å². The van der Waals surface area contributed by atoms with Crippen molar-refractivity contribution in [3.63, 3.8) is 0 Å². The standard InChI is InChI=1S/C21H23NO3S/c1-4-16-7-9-17(10-8-16)19-20(21(19,13-22)14-25-3)26(23,24)18-11-5-15(2)6-12-18/h5-12,19-20H,4,14H2,1-3H3/t19-,20+,21-/m0/s1. The molecule has 2 aromatic carbocycles. The van der Waals surface area contributed by atoms with E-state index in [-0.39, 0.29) is 17.4 Å². The maximum absolute atomic E-state index is 13.3. The van der Waals surface area contributed by atoms with Crippen molar-refractivity contribution < 1.29 is 13.2 Å². The molecule has 3 rings (SSSR count). The van der Waals surface area contributed by atoms with Crippen molar-refractivity contribution in [3.8, 4) is 6.07 Å². The fourth-order valence-electron chi connectivity index (χ4n) is 3.74. The second-order valence-corrected chi connectivity index (χ2v) is 9.01. The number of nitriles is 1. The monoisotopic (exact) mass is 369 g/mol. The third-order valence-electron chi connectivity index (χ3n) is 5.28. The summed E-state index contributed by atoms with van der Waals surface area (Å²) in [4.78, 5) is 0.261. The summed E-state index contributed by atoms with van der Waals surface area (Å²) in [6.45, 7) is 4.08. The van der Waals surface area contributed by atoms with Crippen LogP contribution in [0.25, 0.3) is 0 Å². The van der Waals surface area contributed by atoms with Gasteiger partial charge in [-0.25, -0.2) is 8.42 Å². The molecule has 4 nitrogen and oxygen atoms in total. The van der Waals surface area contributed by atoms with Gasteiger partial charge in [0.2, 0.25) is 0 Å². The molecule has 0 aromatic heterocycles. The van der Waals surface area contributed by atoms with Crippen LogP contribution in [-0.4, -0.2) is 27.4 Å². The highest BCUT2D eigenvalue weighted by atomic mass is 32.2. The third-order valence-corrected chi connectivity index (χ3v) is 7.57. The van der Waals surface area contributed by atoms with E-state index in [0.717, 1.165) is 17.5 Å². The van der Waals surface area contributed by atoms with Crippen LogP contribution >= 0.6 is 0 Å². The molecule has 3 atom stereocenters. The van der Waals surface area contributed by atoms with Crippen LogP contribution in [0.3, 0.4) is 0 Å². The Labute approximate surface area is 155 Å². The summed E-state index contributed by atoms with van der Waals surface area (Å²) in [6, 6.07) is 16.9. The van der Waals surface area contributed by atoms with Gasteiger partial charge >= 0.3 is 0 Å². The second kappa shape index (κ2) is 6.86. The summed E-state index contributed by atoms with van der Waals surface area (Å²) in [7, 11) is -2.14. The van der Waals surface area contributed by atoms with Gasteiger partial charge in [0.25, 0.3) is 0 Å². The lowest BCUT2D eigenvalue weighted by atomic mass is 10.00. The van der Waals surface area contributed by atoms with E-state index in [4.69, 9.17) is 4.74 Å². The average molecular weight is 369 g/mol. The van der Waals surface area contributed by atoms with Crippen LogP contribution in [0.4, 0.5) is 0 Å². The molecule has 136 valence electrons. The molecule has 1 aliphatic carbocycles. The van der Waals surface area contributed by atoms with Gasteiger partial charge < -0.3 is 4.74 Å². The Hall–Kier alpha value is -2.16. The number of rotatable bonds is 6. The third kappa shape index (κ3) is 2.94. The molecule has 2 aromatic rings. The SMILES string of the molecule is CCc1ccc([C@H]2[C@@H](S(=O)(=O)c3ccc(C)cc3)[C@@]2(C#N)COC)cc1. The number of sulfone groups is 1. The largest absolute Gasteiger partial charge is 0.383 e. The molecule has 0 saturated heterocycles. The Bertz CT molecular complexity index is 927. The van der Waals surface area contributed by atoms with E-state index in [0.29, 0.717) is 0 Å². The van der Waals surface area contributed by atoms with E-state index in [1.165, 1.54) is 12.7 Å². The minimum Gasteiger partial charge on any atom is -0.383 e. The van der Waals surface area contributed by atoms with Crippen molar-refractivity contribution in [2.75, 3.05) is 13.7 Å². The number of nitrogens with zero attached hydrogens (tertiary/aromatic N) is 1. The average Bonchev–Trinajstić information content (AvgIpc) is 3.32. The van der Waals surface area contributed by atoms with Crippen molar-refractivity contribution in [3.05, 3.63) is 65.2 Å². The molecule has 1 fully saturated rings. The van der Waals surface area contributed by atoms with E-state index in [1.807, 2.05) is 31.2 Å². The Morgan fingerprint density at radius 2 is 1.73 bits per heavy atom. The maximum Gasteiger partial charge on any atom is 0.183 e. The normalized spacial score (nSPS) is 24.8. The van der Waals surface area contributed by atoms with Gasteiger partial charge in [0.1, 0.15) is 5.41 Å². The van der Waals surface area contributed by atoms with Crippen molar-refractivity contribution in [2.24, 2.45) is 5.41 Å². The smallest absolute Gasteiger partial charge is 0.183 e. The summed E-state index contributed by atoms with van der Waals surface area (Å²) in [5.41, 5.74) is 2.00. The topological polar surface area (TPSA) is 67.2 Å². The highest BCUT2D eigenvalue weighted by Crippen LogP contribution is 2.63. The van der Waals surface area contributed by atoms with E-state index in [9.17, 15) is 13.7 Å². The van der Waals surface area contributed by atoms with Gasteiger partial charge in [-0.05, 0) is 36.6 Å². The van der Waals surface area contributed by atoms with Crippen molar-refractivity contribution >= 4 is 9.84 Å². The fourth-order valence-corrected chi connectivity index (χ4v) is 6.05. The minimum absolute atomic E-state index is 0.0967. The molecule has 0 spiro atoms. The number of hydrogen-bond acceptors (Lipinski definition) is 4. The van der Waals surface area contributed by atoms with Gasteiger partial charge in [-0.2, -0.15) is 5.26 Å². The van der Waals surface area contributed by atoms with Gasteiger partial charge in [-0.3, -0.25) is 0 Å². The Kier molecular flexibility index (Phi) is 4.92. The quantitative estimate of drug-likeness (QED) is 0.779. The van der Waals surface area contributed by atoms with Crippen LogP contribution in [0.2, 0.25) is 0 Å². The lowest BCUT2D eigenvalue weighted by Gasteiger charge is -2.08. The van der Waals surface area contributed by atoms with Crippen molar-refractivity contribution in [1.29, 1.82) is 5.26 Å². The number of methoxy groups -OCH3 is 1. The van der Waals surface area contributed by atoms with E-state index in [1.54, 1.807) is 24.3 Å². The molecule has 0 unspecified atom stereocenters. The van der Waals surface area contributed by atoms with Crippen LogP contribution in [0.5, 0.6) is 0 Å². The first-order valence-electron chi connectivity index (χ1n) is 8.70. The fraction of sp³-hybridized carbons (Fsp3) is 0.381. The Morgan fingerprint density at radius 3 is 2.23 bits per heavy atom. The van der Waals surface area contributed by atoms with Gasteiger partial charge in [0.05, 0.1) is 22.8 Å². The summed E-state index contributed by atoms with van der Waals surface area (Å²) in [6.07, 6.45) is 0.914. The molecule has 1 aliphatic rings. The summed E-state index contributed by atoms with van der Waals surface area (Å²) >= 11 is 0. The molecule has 0 bridgehead atoms. The zero-order valence-corrected chi connectivity index (χ0v) is 16.1. The first kappa shape index (κ1) is 18.6. The molecule has 26 heavy (non-hydrogen) atoms. The summed E-state index contributed by atoms with van der Waals surface area (Å²) < 4.78 is 31.8. The summed E-state index contributed by atoms with van der Waals surface area (Å²) in [5, 5.41) is 9.05. The second-order valence-electron chi connectivity index (χ2n) is 6.94. The first-order chi connectivity index (χ1) is 12.4. The van der Waals surface area contributed by atoms with Crippen LogP contribution in [0.15, 0.2) is 53.4 Å². The molecular formula is C21H23NO3S. The Balaban J connectivity index is 2.05. The van der Waals surface area contributed by atoms with Crippen LogP contribution in [0.1, 0.15) is 29.5 Å². The van der Waals surface area contributed by atoms with Gasteiger partial charge in [0, 0.05) is 13.0 Å².